The Morgan fingerprint density at radius 2 is 1.32 bits per heavy atom. The first kappa shape index (κ1) is 26.9. The van der Waals surface area contributed by atoms with Gasteiger partial charge in [-0.05, 0) is 53.7 Å². The van der Waals surface area contributed by atoms with E-state index < -0.39 is 23.4 Å². The van der Waals surface area contributed by atoms with Crippen molar-refractivity contribution in [2.24, 2.45) is 0 Å². The molecule has 2 saturated heterocycles. The van der Waals surface area contributed by atoms with E-state index in [1.807, 2.05) is 51.1 Å². The largest absolute Gasteiger partial charge is 0.444 e. The molecule has 10 nitrogen and oxygen atoms in total. The van der Waals surface area contributed by atoms with E-state index in [1.165, 1.54) is 9.80 Å². The monoisotopic (exact) mass is 476 g/mol. The van der Waals surface area contributed by atoms with E-state index in [-0.39, 0.29) is 24.9 Å². The molecule has 0 bridgehead atoms. The van der Waals surface area contributed by atoms with Crippen LogP contribution < -0.4 is 10.2 Å². The lowest BCUT2D eigenvalue weighted by molar-refractivity contribution is -0.124. The molecule has 10 heteroatoms. The summed E-state index contributed by atoms with van der Waals surface area (Å²) < 4.78 is 10.4. The number of hydrogen-bond acceptors (Lipinski definition) is 6. The summed E-state index contributed by atoms with van der Waals surface area (Å²) in [5.74, 6) is -0.226. The van der Waals surface area contributed by atoms with Gasteiger partial charge in [0.2, 0.25) is 11.8 Å². The maximum atomic E-state index is 12.2. The fourth-order valence-electron chi connectivity index (χ4n) is 3.16. The predicted octanol–water partition coefficient (Wildman–Crippen LogP) is 2.62. The molecule has 0 saturated carbocycles. The summed E-state index contributed by atoms with van der Waals surface area (Å²) in [6.07, 6.45) is -0.856. The number of rotatable bonds is 1. The Kier molecular flexibility index (Phi) is 8.89. The van der Waals surface area contributed by atoms with Crippen molar-refractivity contribution in [2.45, 2.75) is 52.7 Å². The number of piperazine rings is 2. The van der Waals surface area contributed by atoms with E-state index in [4.69, 9.17) is 9.47 Å². The molecule has 2 aliphatic heterocycles. The van der Waals surface area contributed by atoms with Crippen LogP contribution in [0.2, 0.25) is 0 Å². The van der Waals surface area contributed by atoms with Gasteiger partial charge in [-0.1, -0.05) is 18.2 Å². The zero-order valence-electron chi connectivity index (χ0n) is 20.9. The highest BCUT2D eigenvalue weighted by molar-refractivity contribution is 5.97. The molecule has 0 aromatic heterocycles. The smallest absolute Gasteiger partial charge is 0.410 e. The lowest BCUT2D eigenvalue weighted by Crippen LogP contribution is -2.53. The van der Waals surface area contributed by atoms with Crippen LogP contribution >= 0.6 is 0 Å². The highest BCUT2D eigenvalue weighted by Crippen LogP contribution is 2.18. The Balaban J connectivity index is 0.000000257. The molecule has 0 spiro atoms. The number of benzene rings is 1. The molecule has 0 unspecified atom stereocenters. The van der Waals surface area contributed by atoms with Crippen LogP contribution in [-0.2, 0) is 19.1 Å². The van der Waals surface area contributed by atoms with Crippen molar-refractivity contribution >= 4 is 29.7 Å². The summed E-state index contributed by atoms with van der Waals surface area (Å²) in [4.78, 5) is 51.1. The van der Waals surface area contributed by atoms with Crippen molar-refractivity contribution in [1.29, 1.82) is 0 Å². The Morgan fingerprint density at radius 3 is 1.79 bits per heavy atom. The van der Waals surface area contributed by atoms with Crippen molar-refractivity contribution in [3.63, 3.8) is 0 Å². The molecular weight excluding hydrogens is 440 g/mol. The highest BCUT2D eigenvalue weighted by Gasteiger charge is 2.30. The predicted molar refractivity (Wildman–Crippen MR) is 127 cm³/mol. The van der Waals surface area contributed by atoms with Gasteiger partial charge in [0.25, 0.3) is 0 Å². The van der Waals surface area contributed by atoms with Crippen molar-refractivity contribution < 1.29 is 28.7 Å². The van der Waals surface area contributed by atoms with E-state index in [2.05, 4.69) is 5.32 Å². The quantitative estimate of drug-likeness (QED) is 0.668. The zero-order valence-corrected chi connectivity index (χ0v) is 20.9. The van der Waals surface area contributed by atoms with E-state index in [0.717, 1.165) is 5.69 Å². The van der Waals surface area contributed by atoms with Crippen LogP contribution in [0.5, 0.6) is 0 Å². The number of para-hydroxylation sites is 1. The van der Waals surface area contributed by atoms with Gasteiger partial charge < -0.3 is 19.7 Å². The number of nitrogens with zero attached hydrogens (tertiary/aromatic N) is 3. The zero-order chi connectivity index (χ0) is 25.5. The summed E-state index contributed by atoms with van der Waals surface area (Å²) in [6.45, 7) is 13.0. The minimum absolute atomic E-state index is 0.0593. The van der Waals surface area contributed by atoms with E-state index in [9.17, 15) is 19.2 Å². The van der Waals surface area contributed by atoms with Crippen LogP contribution in [0.15, 0.2) is 30.3 Å². The Hall–Kier alpha value is -3.30. The molecule has 0 radical (unpaired) electrons. The summed E-state index contributed by atoms with van der Waals surface area (Å²) in [7, 11) is 0. The molecule has 4 amide bonds. The highest BCUT2D eigenvalue weighted by atomic mass is 16.6. The Bertz CT molecular complexity index is 876. The van der Waals surface area contributed by atoms with Gasteiger partial charge in [-0.15, -0.1) is 0 Å². The van der Waals surface area contributed by atoms with Gasteiger partial charge in [0.15, 0.2) is 0 Å². The topological polar surface area (TPSA) is 108 Å². The van der Waals surface area contributed by atoms with Crippen molar-refractivity contribution in [1.82, 2.24) is 15.1 Å². The molecule has 2 aliphatic rings. The van der Waals surface area contributed by atoms with Crippen LogP contribution in [0, 0.1) is 0 Å². The fourth-order valence-corrected chi connectivity index (χ4v) is 3.16. The molecule has 0 aliphatic carbocycles. The first-order chi connectivity index (χ1) is 15.7. The third-order valence-electron chi connectivity index (χ3n) is 4.63. The number of hydrogen-bond donors (Lipinski definition) is 1. The van der Waals surface area contributed by atoms with Gasteiger partial charge >= 0.3 is 12.2 Å². The molecule has 34 heavy (non-hydrogen) atoms. The van der Waals surface area contributed by atoms with E-state index in [0.29, 0.717) is 26.2 Å². The van der Waals surface area contributed by atoms with Gasteiger partial charge in [0.05, 0.1) is 0 Å². The fraction of sp³-hybridized carbons (Fsp3) is 0.583. The van der Waals surface area contributed by atoms with Gasteiger partial charge in [0.1, 0.15) is 24.3 Å². The third-order valence-corrected chi connectivity index (χ3v) is 4.63. The summed E-state index contributed by atoms with van der Waals surface area (Å²) in [6, 6.07) is 9.47. The minimum atomic E-state index is -0.545. The average Bonchev–Trinajstić information content (AvgIpc) is 2.72. The first-order valence-corrected chi connectivity index (χ1v) is 11.3. The molecule has 0 atom stereocenters. The number of nitrogens with one attached hydrogen (secondary N) is 1. The number of anilines is 1. The Labute approximate surface area is 201 Å². The Morgan fingerprint density at radius 1 is 0.794 bits per heavy atom. The number of carbonyl (C=O) groups excluding carboxylic acids is 4. The van der Waals surface area contributed by atoms with Crippen LogP contribution in [0.3, 0.4) is 0 Å². The summed E-state index contributed by atoms with van der Waals surface area (Å²) >= 11 is 0. The minimum Gasteiger partial charge on any atom is -0.444 e. The SMILES string of the molecule is CC(C)(C)OC(=O)N1CCN(c2ccccc2)C(=O)C1.CC(C)(C)OC(=O)N1CCNC(=O)C1. The molecular formula is C24H36N4O6. The lowest BCUT2D eigenvalue weighted by Gasteiger charge is -2.35. The van der Waals surface area contributed by atoms with Crippen LogP contribution in [-0.4, -0.2) is 84.3 Å². The standard InChI is InChI=1S/C15H20N2O3.C9H16N2O3/c1-15(2,3)20-14(19)16-9-10-17(13(18)11-16)12-7-5-4-6-8-12;1-9(2,3)14-8(13)11-5-4-10-7(12)6-11/h4-8H,9-11H2,1-3H3;4-6H2,1-3H3,(H,10,12). The third kappa shape index (κ3) is 8.92. The lowest BCUT2D eigenvalue weighted by atomic mass is 10.2. The molecule has 188 valence electrons. The van der Waals surface area contributed by atoms with Crippen LogP contribution in [0.1, 0.15) is 41.5 Å². The second-order valence-electron chi connectivity index (χ2n) is 10.0. The number of carbonyl (C=O) groups is 4. The molecule has 2 heterocycles. The maximum Gasteiger partial charge on any atom is 0.410 e. The molecule has 3 rings (SSSR count). The summed E-state index contributed by atoms with van der Waals surface area (Å²) in [5.41, 5.74) is -0.192. The average molecular weight is 477 g/mol. The van der Waals surface area contributed by atoms with Gasteiger partial charge in [0, 0.05) is 31.9 Å². The van der Waals surface area contributed by atoms with Crippen molar-refractivity contribution in [2.75, 3.05) is 44.2 Å². The van der Waals surface area contributed by atoms with Gasteiger partial charge in [-0.2, -0.15) is 0 Å². The van der Waals surface area contributed by atoms with Gasteiger partial charge in [-0.25, -0.2) is 9.59 Å². The number of amides is 4. The molecule has 1 aromatic rings. The normalized spacial score (nSPS) is 16.8. The molecule has 2 fully saturated rings. The van der Waals surface area contributed by atoms with Crippen molar-refractivity contribution in [3.8, 4) is 0 Å². The summed E-state index contributed by atoms with van der Waals surface area (Å²) in [5, 5.41) is 2.64. The second-order valence-corrected chi connectivity index (χ2v) is 10.0. The van der Waals surface area contributed by atoms with E-state index in [1.54, 1.807) is 25.7 Å². The van der Waals surface area contributed by atoms with Crippen LogP contribution in [0.25, 0.3) is 0 Å². The molecule has 1 N–H and O–H groups in total. The second kappa shape index (κ2) is 11.2. The van der Waals surface area contributed by atoms with Crippen LogP contribution in [0.4, 0.5) is 15.3 Å². The first-order valence-electron chi connectivity index (χ1n) is 11.3. The number of ether oxygens (including phenoxy) is 2. The van der Waals surface area contributed by atoms with Crippen molar-refractivity contribution in [3.05, 3.63) is 30.3 Å². The van der Waals surface area contributed by atoms with E-state index >= 15 is 0 Å². The molecule has 1 aromatic carbocycles. The maximum absolute atomic E-state index is 12.2. The van der Waals surface area contributed by atoms with Gasteiger partial charge in [-0.3, -0.25) is 19.4 Å².